The van der Waals surface area contributed by atoms with Crippen molar-refractivity contribution >= 4 is 17.4 Å². The molecule has 0 unspecified atom stereocenters. The van der Waals surface area contributed by atoms with Crippen molar-refractivity contribution in [2.75, 3.05) is 38.1 Å². The second-order valence-electron chi connectivity index (χ2n) is 10.3. The van der Waals surface area contributed by atoms with E-state index in [4.69, 9.17) is 11.6 Å². The number of hydrogen-bond donors (Lipinski definition) is 0. The summed E-state index contributed by atoms with van der Waals surface area (Å²) in [5, 5.41) is 17.7. The Hall–Kier alpha value is -3.65. The highest BCUT2D eigenvalue weighted by Crippen LogP contribution is 2.38. The smallest absolute Gasteiger partial charge is 0.352 e. The van der Waals surface area contributed by atoms with Gasteiger partial charge in [-0.1, -0.05) is 35.0 Å². The molecule has 0 saturated carbocycles. The van der Waals surface area contributed by atoms with E-state index in [0.717, 1.165) is 5.56 Å². The summed E-state index contributed by atoms with van der Waals surface area (Å²) in [6, 6.07) is 8.50. The van der Waals surface area contributed by atoms with Gasteiger partial charge in [-0.15, -0.1) is 15.3 Å². The summed E-state index contributed by atoms with van der Waals surface area (Å²) in [5.74, 6) is 1.33. The van der Waals surface area contributed by atoms with Gasteiger partial charge in [-0.2, -0.15) is 26.3 Å². The number of aromatic nitrogens is 6. The first-order valence-electron chi connectivity index (χ1n) is 13.1. The second kappa shape index (κ2) is 11.2. The van der Waals surface area contributed by atoms with Crippen molar-refractivity contribution in [3.05, 3.63) is 75.6 Å². The number of rotatable bonds is 6. The molecule has 3 heterocycles. The molecular weight excluding hydrogens is 586 g/mol. The fourth-order valence-electron chi connectivity index (χ4n) is 5.12. The lowest BCUT2D eigenvalue weighted by atomic mass is 10.0. The summed E-state index contributed by atoms with van der Waals surface area (Å²) in [4.78, 5) is 4.07. The quantitative estimate of drug-likeness (QED) is 0.251. The molecule has 0 spiro atoms. The van der Waals surface area contributed by atoms with Gasteiger partial charge >= 0.3 is 12.4 Å². The van der Waals surface area contributed by atoms with E-state index in [9.17, 15) is 26.3 Å². The Balaban J connectivity index is 1.63. The predicted molar refractivity (Wildman–Crippen MR) is 144 cm³/mol. The first kappa shape index (κ1) is 29.8. The van der Waals surface area contributed by atoms with Gasteiger partial charge in [0.2, 0.25) is 0 Å². The minimum atomic E-state index is -4.97. The van der Waals surface area contributed by atoms with Gasteiger partial charge in [-0.05, 0) is 56.3 Å². The largest absolute Gasteiger partial charge is 0.416 e. The van der Waals surface area contributed by atoms with Crippen molar-refractivity contribution in [2.45, 2.75) is 38.8 Å². The van der Waals surface area contributed by atoms with Crippen LogP contribution in [0.5, 0.6) is 0 Å². The Morgan fingerprint density at radius 3 is 2.10 bits per heavy atom. The van der Waals surface area contributed by atoms with Crippen LogP contribution in [0, 0.1) is 6.92 Å². The molecule has 8 nitrogen and oxygen atoms in total. The number of benzene rings is 2. The van der Waals surface area contributed by atoms with E-state index in [2.05, 4.69) is 25.4 Å². The van der Waals surface area contributed by atoms with Crippen LogP contribution in [0.1, 0.15) is 41.0 Å². The Bertz CT molecular complexity index is 1540. The monoisotopic (exact) mass is 612 g/mol. The molecule has 0 radical (unpaired) electrons. The summed E-state index contributed by atoms with van der Waals surface area (Å²) < 4.78 is 84.5. The van der Waals surface area contributed by atoms with Gasteiger partial charge in [0.05, 0.1) is 23.7 Å². The van der Waals surface area contributed by atoms with Crippen LogP contribution in [0.25, 0.3) is 11.5 Å². The molecule has 224 valence electrons. The number of alkyl halides is 6. The van der Waals surface area contributed by atoms with E-state index in [1.807, 2.05) is 41.6 Å². The molecule has 1 aliphatic rings. The molecular formula is C27H27ClF6N8. The third-order valence-corrected chi connectivity index (χ3v) is 7.66. The number of nitrogens with zero attached hydrogens (tertiary/aromatic N) is 8. The maximum atomic E-state index is 13.6. The SMILES string of the molecule is Cc1nnc(-c2nnn(Cc3cc(C(F)(F)F)cc(C(F)(F)F)c3)c2N2CCN(C)CC2)n1[C@H](C)c1ccccc1Cl. The zero-order valence-electron chi connectivity index (χ0n) is 22.9. The van der Waals surface area contributed by atoms with Crippen LogP contribution in [0.15, 0.2) is 42.5 Å². The highest BCUT2D eigenvalue weighted by Gasteiger charge is 2.37. The molecule has 2 aromatic carbocycles. The van der Waals surface area contributed by atoms with Crippen molar-refractivity contribution in [3.8, 4) is 11.5 Å². The molecule has 2 aromatic heterocycles. The van der Waals surface area contributed by atoms with E-state index in [0.29, 0.717) is 66.5 Å². The van der Waals surface area contributed by atoms with Gasteiger partial charge in [0, 0.05) is 31.2 Å². The standard InChI is InChI=1S/C27H27ClF6N8/c1-16(21-6-4-5-7-22(21)28)42-17(2)35-37-24(42)23-25(40-10-8-39(3)9-11-40)41(38-36-23)15-18-12-19(26(29,30)31)14-20(13-18)27(32,33)34/h4-7,12-14,16H,8-11,15H2,1-3H3/t16-/m1/s1. The number of halogens is 7. The molecule has 0 amide bonds. The van der Waals surface area contributed by atoms with E-state index in [1.54, 1.807) is 13.0 Å². The number of piperazine rings is 1. The third kappa shape index (κ3) is 5.95. The van der Waals surface area contributed by atoms with Gasteiger partial charge < -0.3 is 14.4 Å². The van der Waals surface area contributed by atoms with Crippen molar-refractivity contribution in [3.63, 3.8) is 0 Å². The van der Waals surface area contributed by atoms with E-state index in [1.165, 1.54) is 4.68 Å². The van der Waals surface area contributed by atoms with Gasteiger partial charge in [-0.25, -0.2) is 4.68 Å². The molecule has 0 aliphatic carbocycles. The molecule has 15 heteroatoms. The van der Waals surface area contributed by atoms with Crippen LogP contribution in [0.2, 0.25) is 5.02 Å². The number of anilines is 1. The van der Waals surface area contributed by atoms with Crippen LogP contribution in [-0.4, -0.2) is 67.9 Å². The van der Waals surface area contributed by atoms with Crippen molar-refractivity contribution in [1.82, 2.24) is 34.7 Å². The van der Waals surface area contributed by atoms with Crippen molar-refractivity contribution in [1.29, 1.82) is 0 Å². The summed E-state index contributed by atoms with van der Waals surface area (Å²) in [7, 11) is 1.96. The van der Waals surface area contributed by atoms with Crippen molar-refractivity contribution < 1.29 is 26.3 Å². The lowest BCUT2D eigenvalue weighted by Crippen LogP contribution is -2.45. The second-order valence-corrected chi connectivity index (χ2v) is 10.7. The fraction of sp³-hybridized carbons (Fsp3) is 0.407. The Kier molecular flexibility index (Phi) is 7.96. The van der Waals surface area contributed by atoms with Gasteiger partial charge in [0.15, 0.2) is 17.3 Å². The maximum Gasteiger partial charge on any atom is 0.416 e. The fourth-order valence-corrected chi connectivity index (χ4v) is 5.42. The first-order valence-corrected chi connectivity index (χ1v) is 13.4. The molecule has 42 heavy (non-hydrogen) atoms. The maximum absolute atomic E-state index is 13.6. The van der Waals surface area contributed by atoms with Crippen molar-refractivity contribution in [2.24, 2.45) is 0 Å². The zero-order chi connectivity index (χ0) is 30.4. The summed E-state index contributed by atoms with van der Waals surface area (Å²) in [6.45, 7) is 5.71. The Morgan fingerprint density at radius 1 is 0.881 bits per heavy atom. The normalized spacial score (nSPS) is 15.8. The summed E-state index contributed by atoms with van der Waals surface area (Å²) >= 11 is 6.48. The highest BCUT2D eigenvalue weighted by atomic mass is 35.5. The topological polar surface area (TPSA) is 67.9 Å². The lowest BCUT2D eigenvalue weighted by Gasteiger charge is -2.34. The highest BCUT2D eigenvalue weighted by molar-refractivity contribution is 6.31. The van der Waals surface area contributed by atoms with Gasteiger partial charge in [0.25, 0.3) is 0 Å². The summed E-state index contributed by atoms with van der Waals surface area (Å²) in [6.07, 6.45) is -9.93. The van der Waals surface area contributed by atoms with E-state index in [-0.39, 0.29) is 24.2 Å². The average Bonchev–Trinajstić information content (AvgIpc) is 3.51. The van der Waals surface area contributed by atoms with Gasteiger partial charge in [-0.3, -0.25) is 0 Å². The minimum Gasteiger partial charge on any atom is -0.352 e. The molecule has 0 bridgehead atoms. The lowest BCUT2D eigenvalue weighted by molar-refractivity contribution is -0.143. The molecule has 0 N–H and O–H groups in total. The molecule has 1 aliphatic heterocycles. The zero-order valence-corrected chi connectivity index (χ0v) is 23.6. The Morgan fingerprint density at radius 2 is 1.50 bits per heavy atom. The number of likely N-dealkylation sites (N-methyl/N-ethyl adjacent to an activating group) is 1. The van der Waals surface area contributed by atoms with Gasteiger partial charge in [0.1, 0.15) is 5.82 Å². The molecule has 5 rings (SSSR count). The number of hydrogen-bond acceptors (Lipinski definition) is 6. The third-order valence-electron chi connectivity index (χ3n) is 7.31. The molecule has 4 aromatic rings. The summed E-state index contributed by atoms with van der Waals surface area (Å²) in [5.41, 5.74) is -1.89. The van der Waals surface area contributed by atoms with Crippen LogP contribution < -0.4 is 4.90 Å². The van der Waals surface area contributed by atoms with Crippen LogP contribution in [-0.2, 0) is 18.9 Å². The van der Waals surface area contributed by atoms with E-state index >= 15 is 0 Å². The van der Waals surface area contributed by atoms with Crippen LogP contribution in [0.4, 0.5) is 32.2 Å². The molecule has 1 saturated heterocycles. The van der Waals surface area contributed by atoms with Crippen LogP contribution in [0.3, 0.4) is 0 Å². The molecule has 1 atom stereocenters. The minimum absolute atomic E-state index is 0.110. The number of aryl methyl sites for hydroxylation is 1. The van der Waals surface area contributed by atoms with E-state index < -0.39 is 23.5 Å². The first-order chi connectivity index (χ1) is 19.7. The predicted octanol–water partition coefficient (Wildman–Crippen LogP) is 5.95. The van der Waals surface area contributed by atoms with Crippen LogP contribution >= 0.6 is 11.6 Å². The Labute approximate surface area is 242 Å². The average molecular weight is 613 g/mol. The molecule has 1 fully saturated rings.